The van der Waals surface area contributed by atoms with E-state index in [4.69, 9.17) is 5.11 Å². The molecule has 0 aliphatic carbocycles. The smallest absolute Gasteiger partial charge is 0.239 e. The first-order valence-corrected chi connectivity index (χ1v) is 6.35. The first-order chi connectivity index (χ1) is 7.70. The third kappa shape index (κ3) is 3.46. The highest BCUT2D eigenvalue weighted by Crippen LogP contribution is 2.17. The predicted octanol–water partition coefficient (Wildman–Crippen LogP) is 0.748. The molecule has 0 bridgehead atoms. The summed E-state index contributed by atoms with van der Waals surface area (Å²) < 4.78 is 0. The second-order valence-electron chi connectivity index (χ2n) is 4.50. The van der Waals surface area contributed by atoms with E-state index < -0.39 is 0 Å². The summed E-state index contributed by atoms with van der Waals surface area (Å²) in [5.41, 5.74) is 0. The van der Waals surface area contributed by atoms with Gasteiger partial charge in [-0.2, -0.15) is 0 Å². The molecule has 1 rings (SSSR count). The van der Waals surface area contributed by atoms with Gasteiger partial charge < -0.3 is 15.3 Å². The van der Waals surface area contributed by atoms with Crippen molar-refractivity contribution in [3.05, 3.63) is 0 Å². The number of nitrogens with one attached hydrogen (secondary N) is 1. The van der Waals surface area contributed by atoms with E-state index in [1.165, 1.54) is 0 Å². The van der Waals surface area contributed by atoms with Crippen LogP contribution in [0.1, 0.15) is 39.5 Å². The fourth-order valence-corrected chi connectivity index (χ4v) is 2.32. The summed E-state index contributed by atoms with van der Waals surface area (Å²) in [5, 5.41) is 12.0. The number of nitrogens with zero attached hydrogens (tertiary/aromatic N) is 1. The van der Waals surface area contributed by atoms with E-state index in [1.807, 2.05) is 11.8 Å². The van der Waals surface area contributed by atoms with Crippen molar-refractivity contribution in [2.45, 2.75) is 51.6 Å². The molecule has 4 heteroatoms. The molecule has 0 saturated carbocycles. The molecule has 0 aromatic carbocycles. The molecule has 1 saturated heterocycles. The highest BCUT2D eigenvalue weighted by molar-refractivity contribution is 5.82. The predicted molar refractivity (Wildman–Crippen MR) is 64.2 cm³/mol. The van der Waals surface area contributed by atoms with E-state index in [1.54, 1.807) is 0 Å². The zero-order valence-electron chi connectivity index (χ0n) is 10.4. The summed E-state index contributed by atoms with van der Waals surface area (Å²) >= 11 is 0. The van der Waals surface area contributed by atoms with Crippen LogP contribution in [0.2, 0.25) is 0 Å². The molecule has 2 N–H and O–H groups in total. The largest absolute Gasteiger partial charge is 0.396 e. The zero-order valence-corrected chi connectivity index (χ0v) is 10.4. The van der Waals surface area contributed by atoms with Gasteiger partial charge in [-0.25, -0.2) is 0 Å². The second-order valence-corrected chi connectivity index (χ2v) is 4.50. The highest BCUT2D eigenvalue weighted by Gasteiger charge is 2.30. The summed E-state index contributed by atoms with van der Waals surface area (Å²) in [6.07, 6.45) is 3.70. The minimum absolute atomic E-state index is 0.00956. The normalized spacial score (nSPS) is 23.6. The van der Waals surface area contributed by atoms with E-state index in [-0.39, 0.29) is 24.6 Å². The lowest BCUT2D eigenvalue weighted by Gasteiger charge is -2.36. The number of aliphatic hydroxyl groups excluding tert-OH is 1. The standard InChI is InChI=1S/C12H24N2O2/c1-3-13-11-7-4-8-14(12(11)16)10(2)6-5-9-15/h10-11,13,15H,3-9H2,1-2H3. The van der Waals surface area contributed by atoms with Crippen molar-refractivity contribution in [2.75, 3.05) is 19.7 Å². The Bertz CT molecular complexity index is 219. The lowest BCUT2D eigenvalue weighted by Crippen LogP contribution is -2.53. The fourth-order valence-electron chi connectivity index (χ4n) is 2.32. The molecular formula is C12H24N2O2. The highest BCUT2D eigenvalue weighted by atomic mass is 16.3. The van der Waals surface area contributed by atoms with Crippen molar-refractivity contribution in [2.24, 2.45) is 0 Å². The Morgan fingerprint density at radius 2 is 2.38 bits per heavy atom. The van der Waals surface area contributed by atoms with Crippen LogP contribution in [0, 0.1) is 0 Å². The van der Waals surface area contributed by atoms with Crippen LogP contribution >= 0.6 is 0 Å². The maximum atomic E-state index is 12.1. The maximum absolute atomic E-state index is 12.1. The van der Waals surface area contributed by atoms with E-state index in [9.17, 15) is 4.79 Å². The number of amides is 1. The summed E-state index contributed by atoms with van der Waals surface area (Å²) in [4.78, 5) is 14.1. The zero-order chi connectivity index (χ0) is 12.0. The van der Waals surface area contributed by atoms with Crippen LogP contribution in [0.3, 0.4) is 0 Å². The van der Waals surface area contributed by atoms with Gasteiger partial charge in [0.1, 0.15) is 0 Å². The first kappa shape index (κ1) is 13.5. The molecule has 1 aliphatic rings. The van der Waals surface area contributed by atoms with Gasteiger partial charge in [-0.3, -0.25) is 4.79 Å². The molecule has 1 fully saturated rings. The van der Waals surface area contributed by atoms with Gasteiger partial charge in [-0.05, 0) is 39.2 Å². The van der Waals surface area contributed by atoms with Crippen molar-refractivity contribution in [1.29, 1.82) is 0 Å². The Balaban J connectivity index is 2.48. The maximum Gasteiger partial charge on any atom is 0.239 e. The number of hydrogen-bond acceptors (Lipinski definition) is 3. The van der Waals surface area contributed by atoms with E-state index >= 15 is 0 Å². The lowest BCUT2D eigenvalue weighted by molar-refractivity contribution is -0.138. The Morgan fingerprint density at radius 1 is 1.62 bits per heavy atom. The van der Waals surface area contributed by atoms with E-state index in [0.29, 0.717) is 0 Å². The molecule has 2 unspecified atom stereocenters. The van der Waals surface area contributed by atoms with E-state index in [2.05, 4.69) is 12.2 Å². The summed E-state index contributed by atoms with van der Waals surface area (Å²) in [7, 11) is 0. The summed E-state index contributed by atoms with van der Waals surface area (Å²) in [5.74, 6) is 0.235. The minimum atomic E-state index is 0.00956. The van der Waals surface area contributed by atoms with Gasteiger partial charge in [0, 0.05) is 19.2 Å². The second kappa shape index (κ2) is 6.86. The Labute approximate surface area is 98.0 Å². The van der Waals surface area contributed by atoms with Crippen molar-refractivity contribution in [3.63, 3.8) is 0 Å². The molecule has 0 spiro atoms. The van der Waals surface area contributed by atoms with Gasteiger partial charge in [0.25, 0.3) is 0 Å². The Kier molecular flexibility index (Phi) is 5.77. The number of aliphatic hydroxyl groups is 1. The SMILES string of the molecule is CCNC1CCCN(C(C)CCCO)C1=O. The van der Waals surface area contributed by atoms with Gasteiger partial charge in [-0.1, -0.05) is 6.92 Å². The van der Waals surface area contributed by atoms with Crippen molar-refractivity contribution in [1.82, 2.24) is 10.2 Å². The lowest BCUT2D eigenvalue weighted by atomic mass is 10.0. The van der Waals surface area contributed by atoms with Crippen molar-refractivity contribution >= 4 is 5.91 Å². The van der Waals surface area contributed by atoms with Crippen molar-refractivity contribution in [3.8, 4) is 0 Å². The first-order valence-electron chi connectivity index (χ1n) is 6.35. The molecule has 1 heterocycles. The van der Waals surface area contributed by atoms with Crippen LogP contribution in [-0.2, 0) is 4.79 Å². The molecule has 2 atom stereocenters. The number of carbonyl (C=O) groups excluding carboxylic acids is 1. The van der Waals surface area contributed by atoms with Crippen LogP contribution < -0.4 is 5.32 Å². The van der Waals surface area contributed by atoms with Crippen LogP contribution in [-0.4, -0.2) is 47.7 Å². The minimum Gasteiger partial charge on any atom is -0.396 e. The molecule has 0 aromatic rings. The number of likely N-dealkylation sites (N-methyl/N-ethyl adjacent to an activating group) is 1. The van der Waals surface area contributed by atoms with Gasteiger partial charge >= 0.3 is 0 Å². The van der Waals surface area contributed by atoms with E-state index in [0.717, 1.165) is 38.8 Å². The number of piperidine rings is 1. The van der Waals surface area contributed by atoms with Gasteiger partial charge in [0.2, 0.25) is 5.91 Å². The molecule has 1 aliphatic heterocycles. The monoisotopic (exact) mass is 228 g/mol. The number of hydrogen-bond donors (Lipinski definition) is 2. The summed E-state index contributed by atoms with van der Waals surface area (Å²) in [6.45, 7) is 6.02. The van der Waals surface area contributed by atoms with Crippen LogP contribution in [0.15, 0.2) is 0 Å². The van der Waals surface area contributed by atoms with Crippen LogP contribution in [0.4, 0.5) is 0 Å². The molecule has 4 nitrogen and oxygen atoms in total. The molecule has 16 heavy (non-hydrogen) atoms. The summed E-state index contributed by atoms with van der Waals surface area (Å²) in [6, 6.07) is 0.261. The molecule has 94 valence electrons. The molecule has 0 radical (unpaired) electrons. The van der Waals surface area contributed by atoms with Gasteiger partial charge in [-0.15, -0.1) is 0 Å². The van der Waals surface area contributed by atoms with Gasteiger partial charge in [0.05, 0.1) is 6.04 Å². The Morgan fingerprint density at radius 3 is 3.00 bits per heavy atom. The van der Waals surface area contributed by atoms with Crippen LogP contribution in [0.5, 0.6) is 0 Å². The molecule has 0 aromatic heterocycles. The average molecular weight is 228 g/mol. The van der Waals surface area contributed by atoms with Gasteiger partial charge in [0.15, 0.2) is 0 Å². The quantitative estimate of drug-likeness (QED) is 0.705. The average Bonchev–Trinajstić information content (AvgIpc) is 2.29. The van der Waals surface area contributed by atoms with Crippen LogP contribution in [0.25, 0.3) is 0 Å². The fraction of sp³-hybridized carbons (Fsp3) is 0.917. The molecule has 1 amide bonds. The number of likely N-dealkylation sites (tertiary alicyclic amines) is 1. The number of carbonyl (C=O) groups is 1. The third-order valence-corrected chi connectivity index (χ3v) is 3.24. The third-order valence-electron chi connectivity index (χ3n) is 3.24. The van der Waals surface area contributed by atoms with Crippen molar-refractivity contribution < 1.29 is 9.90 Å². The Hall–Kier alpha value is -0.610. The topological polar surface area (TPSA) is 52.6 Å². The number of rotatable bonds is 6. The molecular weight excluding hydrogens is 204 g/mol.